The largest absolute Gasteiger partial charge is 0.327 e. The van der Waals surface area contributed by atoms with Crippen LogP contribution in [0.3, 0.4) is 0 Å². The summed E-state index contributed by atoms with van der Waals surface area (Å²) in [6.07, 6.45) is 0.499. The van der Waals surface area contributed by atoms with Crippen molar-refractivity contribution in [2.24, 2.45) is 0 Å². The summed E-state index contributed by atoms with van der Waals surface area (Å²) in [7, 11) is 0. The van der Waals surface area contributed by atoms with Crippen LogP contribution in [0.1, 0.15) is 5.56 Å². The minimum absolute atomic E-state index is 0.238. The van der Waals surface area contributed by atoms with Crippen LogP contribution in [-0.4, -0.2) is 6.41 Å². The van der Waals surface area contributed by atoms with Gasteiger partial charge in [0.1, 0.15) is 5.82 Å². The van der Waals surface area contributed by atoms with Crippen LogP contribution in [0.25, 0.3) is 0 Å². The summed E-state index contributed by atoms with van der Waals surface area (Å²) in [5.41, 5.74) is 0.758. The molecule has 12 heavy (non-hydrogen) atoms. The molecule has 64 valence electrons. The average molecular weight is 188 g/mol. The zero-order valence-electron chi connectivity index (χ0n) is 6.40. The number of benzene rings is 1. The van der Waals surface area contributed by atoms with Crippen LogP contribution in [0.4, 0.5) is 10.1 Å². The van der Waals surface area contributed by atoms with E-state index in [-0.39, 0.29) is 10.8 Å². The number of hydrogen-bond donors (Lipinski definition) is 1. The van der Waals surface area contributed by atoms with Crippen molar-refractivity contribution in [2.75, 3.05) is 5.32 Å². The van der Waals surface area contributed by atoms with E-state index in [0.717, 1.165) is 0 Å². The molecule has 1 rings (SSSR count). The third kappa shape index (κ3) is 1.56. The van der Waals surface area contributed by atoms with Gasteiger partial charge in [-0.2, -0.15) is 0 Å². The summed E-state index contributed by atoms with van der Waals surface area (Å²) in [6, 6.07) is 2.67. The molecule has 0 aliphatic carbocycles. The van der Waals surface area contributed by atoms with Gasteiger partial charge < -0.3 is 5.32 Å². The number of hydrogen-bond acceptors (Lipinski definition) is 1. The van der Waals surface area contributed by atoms with Gasteiger partial charge in [-0.3, -0.25) is 4.79 Å². The predicted octanol–water partition coefficient (Wildman–Crippen LogP) is 2.36. The van der Waals surface area contributed by atoms with Gasteiger partial charge >= 0.3 is 0 Å². The molecule has 0 fully saturated rings. The fourth-order valence-electron chi connectivity index (χ4n) is 0.836. The van der Waals surface area contributed by atoms with Crippen LogP contribution in [-0.2, 0) is 4.79 Å². The fourth-order valence-corrected chi connectivity index (χ4v) is 1.04. The van der Waals surface area contributed by atoms with Crippen molar-refractivity contribution in [2.45, 2.75) is 6.92 Å². The maximum Gasteiger partial charge on any atom is 0.211 e. The van der Waals surface area contributed by atoms with Gasteiger partial charge in [-0.1, -0.05) is 11.6 Å². The molecule has 0 heterocycles. The highest BCUT2D eigenvalue weighted by Crippen LogP contribution is 2.26. The van der Waals surface area contributed by atoms with Gasteiger partial charge in [0.15, 0.2) is 0 Å². The SMILES string of the molecule is Cc1c(F)ccc(NC=O)c1Cl. The lowest BCUT2D eigenvalue weighted by atomic mass is 10.2. The normalized spacial score (nSPS) is 9.58. The highest BCUT2D eigenvalue weighted by Gasteiger charge is 2.06. The van der Waals surface area contributed by atoms with Gasteiger partial charge in [-0.05, 0) is 19.1 Å². The van der Waals surface area contributed by atoms with E-state index in [1.54, 1.807) is 6.92 Å². The Bertz CT molecular complexity index is 314. The molecule has 0 saturated heterocycles. The predicted molar refractivity (Wildman–Crippen MR) is 45.8 cm³/mol. The Morgan fingerprint density at radius 3 is 2.83 bits per heavy atom. The van der Waals surface area contributed by atoms with Gasteiger partial charge in [0.2, 0.25) is 6.41 Å². The van der Waals surface area contributed by atoms with E-state index < -0.39 is 0 Å². The molecule has 2 nitrogen and oxygen atoms in total. The first-order valence-electron chi connectivity index (χ1n) is 3.31. The molecule has 0 unspecified atom stereocenters. The summed E-state index contributed by atoms with van der Waals surface area (Å²) >= 11 is 5.72. The molecule has 1 aromatic carbocycles. The summed E-state index contributed by atoms with van der Waals surface area (Å²) in [5, 5.41) is 2.60. The number of rotatable bonds is 2. The summed E-state index contributed by atoms with van der Waals surface area (Å²) in [6.45, 7) is 1.55. The van der Waals surface area contributed by atoms with Gasteiger partial charge in [0.05, 0.1) is 10.7 Å². The lowest BCUT2D eigenvalue weighted by molar-refractivity contribution is -0.105. The van der Waals surface area contributed by atoms with E-state index in [1.807, 2.05) is 0 Å². The monoisotopic (exact) mass is 187 g/mol. The molecule has 1 N–H and O–H groups in total. The Morgan fingerprint density at radius 1 is 1.58 bits per heavy atom. The highest BCUT2D eigenvalue weighted by atomic mass is 35.5. The smallest absolute Gasteiger partial charge is 0.211 e. The molecule has 0 aliphatic heterocycles. The summed E-state index contributed by atoms with van der Waals surface area (Å²) in [4.78, 5) is 10.1. The second-order valence-corrected chi connectivity index (χ2v) is 2.67. The molecular weight excluding hydrogens is 181 g/mol. The van der Waals surface area contributed by atoms with Crippen LogP contribution in [0.2, 0.25) is 5.02 Å². The van der Waals surface area contributed by atoms with Gasteiger partial charge in [0, 0.05) is 5.56 Å². The Hall–Kier alpha value is -1.09. The van der Waals surface area contributed by atoms with Crippen LogP contribution >= 0.6 is 11.6 Å². The third-order valence-corrected chi connectivity index (χ3v) is 2.02. The fraction of sp³-hybridized carbons (Fsp3) is 0.125. The van der Waals surface area contributed by atoms with Crippen molar-refractivity contribution in [3.8, 4) is 0 Å². The lowest BCUT2D eigenvalue weighted by Gasteiger charge is -2.05. The van der Waals surface area contributed by atoms with E-state index >= 15 is 0 Å². The van der Waals surface area contributed by atoms with Crippen LogP contribution in [0.5, 0.6) is 0 Å². The van der Waals surface area contributed by atoms with Gasteiger partial charge in [-0.15, -0.1) is 0 Å². The van der Waals surface area contributed by atoms with E-state index in [1.165, 1.54) is 12.1 Å². The molecule has 0 bridgehead atoms. The van der Waals surface area contributed by atoms with Crippen LogP contribution in [0.15, 0.2) is 12.1 Å². The molecule has 0 atom stereocenters. The van der Waals surface area contributed by atoms with Gasteiger partial charge in [0.25, 0.3) is 0 Å². The van der Waals surface area contributed by atoms with E-state index in [0.29, 0.717) is 17.7 Å². The Labute approximate surface area is 74.3 Å². The maximum absolute atomic E-state index is 12.8. The standard InChI is InChI=1S/C8H7ClFNO/c1-5-6(10)2-3-7(8(5)9)11-4-12/h2-4H,1H3,(H,11,12). The van der Waals surface area contributed by atoms with E-state index in [4.69, 9.17) is 11.6 Å². The van der Waals surface area contributed by atoms with Gasteiger partial charge in [-0.25, -0.2) is 4.39 Å². The Kier molecular flexibility index (Phi) is 2.65. The molecule has 0 aliphatic rings. The number of amides is 1. The lowest BCUT2D eigenvalue weighted by Crippen LogP contribution is -1.96. The molecule has 4 heteroatoms. The molecule has 0 saturated carbocycles. The first-order chi connectivity index (χ1) is 5.66. The van der Waals surface area contributed by atoms with Crippen molar-refractivity contribution in [1.82, 2.24) is 0 Å². The van der Waals surface area contributed by atoms with Crippen LogP contribution < -0.4 is 5.32 Å². The minimum atomic E-state index is -0.378. The van der Waals surface area contributed by atoms with Crippen LogP contribution in [0, 0.1) is 12.7 Å². The number of carbonyl (C=O) groups excluding carboxylic acids is 1. The number of carbonyl (C=O) groups is 1. The average Bonchev–Trinajstić information content (AvgIpc) is 2.07. The second-order valence-electron chi connectivity index (χ2n) is 2.30. The molecule has 0 aromatic heterocycles. The first-order valence-corrected chi connectivity index (χ1v) is 3.69. The quantitative estimate of drug-likeness (QED) is 0.708. The van der Waals surface area contributed by atoms with Crippen molar-refractivity contribution in [3.05, 3.63) is 28.5 Å². The number of halogens is 2. The highest BCUT2D eigenvalue weighted by molar-refractivity contribution is 6.34. The minimum Gasteiger partial charge on any atom is -0.327 e. The van der Waals surface area contributed by atoms with Crippen molar-refractivity contribution in [3.63, 3.8) is 0 Å². The summed E-state index contributed by atoms with van der Waals surface area (Å²) < 4.78 is 12.8. The van der Waals surface area contributed by atoms with E-state index in [2.05, 4.69) is 5.32 Å². The Balaban J connectivity index is 3.16. The van der Waals surface area contributed by atoms with E-state index in [9.17, 15) is 9.18 Å². The van der Waals surface area contributed by atoms with Crippen molar-refractivity contribution < 1.29 is 9.18 Å². The molecule has 1 amide bonds. The molecule has 0 spiro atoms. The molecule has 0 radical (unpaired) electrons. The van der Waals surface area contributed by atoms with Crippen molar-refractivity contribution in [1.29, 1.82) is 0 Å². The summed E-state index contributed by atoms with van der Waals surface area (Å²) in [5.74, 6) is -0.378. The zero-order chi connectivity index (χ0) is 9.14. The topological polar surface area (TPSA) is 29.1 Å². The zero-order valence-corrected chi connectivity index (χ0v) is 7.15. The second kappa shape index (κ2) is 3.54. The number of anilines is 1. The molecular formula is C8H7ClFNO. The number of nitrogens with one attached hydrogen (secondary N) is 1. The third-order valence-electron chi connectivity index (χ3n) is 1.53. The van der Waals surface area contributed by atoms with Crippen molar-refractivity contribution >= 4 is 23.7 Å². The Morgan fingerprint density at radius 2 is 2.25 bits per heavy atom. The molecule has 1 aromatic rings. The maximum atomic E-state index is 12.8. The first kappa shape index (κ1) is 9.00.